The number of carbonyl (C=O) groups is 3. The van der Waals surface area contributed by atoms with E-state index in [1.165, 1.54) is 4.90 Å². The maximum absolute atomic E-state index is 13.9. The summed E-state index contributed by atoms with van der Waals surface area (Å²) in [7, 11) is 0. The number of anilines is 1. The predicted molar refractivity (Wildman–Crippen MR) is 156 cm³/mol. The highest BCUT2D eigenvalue weighted by Gasteiger charge is 2.35. The van der Waals surface area contributed by atoms with Gasteiger partial charge >= 0.3 is 6.09 Å². The quantitative estimate of drug-likeness (QED) is 0.318. The van der Waals surface area contributed by atoms with Crippen molar-refractivity contribution in [1.82, 2.24) is 10.2 Å². The molecule has 0 spiro atoms. The first-order valence-corrected chi connectivity index (χ1v) is 13.3. The fraction of sp³-hybridized carbons (Fsp3) is 0.367. The summed E-state index contributed by atoms with van der Waals surface area (Å²) in [6.45, 7) is 11.2. The van der Waals surface area contributed by atoms with Gasteiger partial charge in [0, 0.05) is 18.0 Å². The van der Waals surface area contributed by atoms with E-state index in [0.29, 0.717) is 11.3 Å². The Morgan fingerprint density at radius 2 is 1.58 bits per heavy atom. The molecule has 2 N–H and O–H groups in total. The first kappa shape index (κ1) is 29.0. The number of rotatable bonds is 8. The third kappa shape index (κ3) is 7.51. The largest absolute Gasteiger partial charge is 0.444 e. The van der Waals surface area contributed by atoms with Crippen molar-refractivity contribution >= 4 is 47.0 Å². The van der Waals surface area contributed by atoms with E-state index in [9.17, 15) is 14.4 Å². The minimum atomic E-state index is -0.977. The number of hydrogen-bond acceptors (Lipinski definition) is 5. The van der Waals surface area contributed by atoms with Crippen LogP contribution in [0.5, 0.6) is 0 Å². The van der Waals surface area contributed by atoms with Crippen LogP contribution in [-0.2, 0) is 14.3 Å². The lowest BCUT2D eigenvalue weighted by molar-refractivity contribution is -0.140. The van der Waals surface area contributed by atoms with Crippen molar-refractivity contribution in [3.8, 4) is 0 Å². The normalized spacial score (nSPS) is 12.9. The van der Waals surface area contributed by atoms with E-state index in [4.69, 9.17) is 4.74 Å². The predicted octanol–water partition coefficient (Wildman–Crippen LogP) is 5.81. The molecule has 2 atom stereocenters. The van der Waals surface area contributed by atoms with E-state index >= 15 is 0 Å². The van der Waals surface area contributed by atoms with Crippen LogP contribution in [0.2, 0.25) is 0 Å². The van der Waals surface area contributed by atoms with Gasteiger partial charge < -0.3 is 20.3 Å². The molecule has 38 heavy (non-hydrogen) atoms. The zero-order chi connectivity index (χ0) is 28.0. The van der Waals surface area contributed by atoms with Crippen molar-refractivity contribution in [2.45, 2.75) is 59.2 Å². The Morgan fingerprint density at radius 1 is 0.947 bits per heavy atom. The second-order valence-electron chi connectivity index (χ2n) is 10.4. The van der Waals surface area contributed by atoms with Crippen molar-refractivity contribution in [1.29, 1.82) is 0 Å². The van der Waals surface area contributed by atoms with E-state index < -0.39 is 29.7 Å². The number of fused-ring (bicyclic) bond motifs is 1. The highest BCUT2D eigenvalue weighted by Crippen LogP contribution is 2.27. The molecule has 202 valence electrons. The van der Waals surface area contributed by atoms with Crippen LogP contribution in [0, 0.1) is 13.8 Å². The summed E-state index contributed by atoms with van der Waals surface area (Å²) in [5.74, 6) is -0.734. The van der Waals surface area contributed by atoms with Crippen LogP contribution < -0.4 is 10.6 Å². The molecule has 0 aromatic heterocycles. The van der Waals surface area contributed by atoms with Gasteiger partial charge in [-0.05, 0) is 70.0 Å². The molecule has 3 aromatic carbocycles. The van der Waals surface area contributed by atoms with Crippen molar-refractivity contribution in [2.24, 2.45) is 0 Å². The summed E-state index contributed by atoms with van der Waals surface area (Å²) in [6, 6.07) is 17.5. The second kappa shape index (κ2) is 12.3. The summed E-state index contributed by atoms with van der Waals surface area (Å²) in [5.41, 5.74) is 2.55. The molecule has 0 aliphatic carbocycles. The van der Waals surface area contributed by atoms with Gasteiger partial charge in [-0.2, -0.15) is 12.6 Å². The van der Waals surface area contributed by atoms with Gasteiger partial charge in [-0.15, -0.1) is 0 Å². The van der Waals surface area contributed by atoms with E-state index in [-0.39, 0.29) is 18.2 Å². The Morgan fingerprint density at radius 3 is 2.16 bits per heavy atom. The average molecular weight is 536 g/mol. The zero-order valence-electron chi connectivity index (χ0n) is 22.9. The molecule has 0 radical (unpaired) electrons. The standard InChI is InChI=1S/C30H37N3O4S/c1-7-33(28(35)25(18-38)32-29(36)37-30(4,5)6)26(23-15-19(2)14-20(3)16-23)27(34)31-24-13-12-21-10-8-9-11-22(21)17-24/h8-17,25-26,38H,7,18H2,1-6H3,(H,31,34)(H,32,36). The van der Waals surface area contributed by atoms with Crippen molar-refractivity contribution < 1.29 is 19.1 Å². The molecule has 8 heteroatoms. The first-order chi connectivity index (χ1) is 17.9. The van der Waals surface area contributed by atoms with E-state index in [2.05, 4.69) is 23.3 Å². The smallest absolute Gasteiger partial charge is 0.408 e. The highest BCUT2D eigenvalue weighted by molar-refractivity contribution is 7.80. The van der Waals surface area contributed by atoms with Crippen LogP contribution in [0.25, 0.3) is 10.8 Å². The lowest BCUT2D eigenvalue weighted by Crippen LogP contribution is -2.53. The fourth-order valence-electron chi connectivity index (χ4n) is 4.42. The van der Waals surface area contributed by atoms with Crippen molar-refractivity contribution in [2.75, 3.05) is 17.6 Å². The summed E-state index contributed by atoms with van der Waals surface area (Å²) >= 11 is 4.31. The van der Waals surface area contributed by atoms with Gasteiger partial charge in [0.05, 0.1) is 0 Å². The summed E-state index contributed by atoms with van der Waals surface area (Å²) < 4.78 is 5.34. The van der Waals surface area contributed by atoms with Crippen molar-refractivity contribution in [3.05, 3.63) is 77.4 Å². The minimum Gasteiger partial charge on any atom is -0.444 e. The molecule has 2 unspecified atom stereocenters. The highest BCUT2D eigenvalue weighted by atomic mass is 32.1. The van der Waals surface area contributed by atoms with Gasteiger partial charge in [-0.25, -0.2) is 4.79 Å². The molecule has 0 aliphatic heterocycles. The molecular weight excluding hydrogens is 498 g/mol. The topological polar surface area (TPSA) is 87.7 Å². The molecule has 3 amide bonds. The summed E-state index contributed by atoms with van der Waals surface area (Å²) in [5, 5.41) is 7.68. The Balaban J connectivity index is 1.96. The van der Waals surface area contributed by atoms with Crippen LogP contribution in [-0.4, -0.2) is 46.7 Å². The number of nitrogens with zero attached hydrogens (tertiary/aromatic N) is 1. The van der Waals surface area contributed by atoms with Crippen LogP contribution >= 0.6 is 12.6 Å². The maximum atomic E-state index is 13.9. The third-order valence-electron chi connectivity index (χ3n) is 5.93. The van der Waals surface area contributed by atoms with E-state index in [0.717, 1.165) is 21.9 Å². The van der Waals surface area contributed by atoms with E-state index in [1.807, 2.05) is 74.5 Å². The molecule has 7 nitrogen and oxygen atoms in total. The van der Waals surface area contributed by atoms with E-state index in [1.54, 1.807) is 27.7 Å². The number of likely N-dealkylation sites (N-methyl/N-ethyl adjacent to an activating group) is 1. The van der Waals surface area contributed by atoms with Gasteiger partial charge in [0.25, 0.3) is 5.91 Å². The monoisotopic (exact) mass is 535 g/mol. The van der Waals surface area contributed by atoms with Crippen LogP contribution in [0.3, 0.4) is 0 Å². The molecule has 0 fully saturated rings. The van der Waals surface area contributed by atoms with Gasteiger partial charge in [0.15, 0.2) is 0 Å². The Bertz CT molecular complexity index is 1300. The number of carbonyl (C=O) groups excluding carboxylic acids is 3. The Kier molecular flexibility index (Phi) is 9.44. The third-order valence-corrected chi connectivity index (χ3v) is 6.30. The van der Waals surface area contributed by atoms with Gasteiger partial charge in [-0.1, -0.05) is 59.7 Å². The molecule has 0 bridgehead atoms. The second-order valence-corrected chi connectivity index (χ2v) is 10.7. The number of alkyl carbamates (subject to hydrolysis) is 1. The lowest BCUT2D eigenvalue weighted by Gasteiger charge is -2.33. The average Bonchev–Trinajstić information content (AvgIpc) is 2.83. The number of ether oxygens (including phenoxy) is 1. The molecule has 3 aromatic rings. The Hall–Kier alpha value is -3.52. The summed E-state index contributed by atoms with van der Waals surface area (Å²) in [6.07, 6.45) is -0.718. The fourth-order valence-corrected chi connectivity index (χ4v) is 4.67. The zero-order valence-corrected chi connectivity index (χ0v) is 23.8. The first-order valence-electron chi connectivity index (χ1n) is 12.7. The van der Waals surface area contributed by atoms with Gasteiger partial charge in [-0.3, -0.25) is 9.59 Å². The molecule has 3 rings (SSSR count). The molecule has 0 saturated carbocycles. The number of aryl methyl sites for hydroxylation is 2. The molecule has 0 heterocycles. The maximum Gasteiger partial charge on any atom is 0.408 e. The van der Waals surface area contributed by atoms with Crippen LogP contribution in [0.15, 0.2) is 60.7 Å². The minimum absolute atomic E-state index is 0.0421. The molecule has 0 saturated heterocycles. The number of benzene rings is 3. The molecule has 0 aliphatic rings. The van der Waals surface area contributed by atoms with Crippen molar-refractivity contribution in [3.63, 3.8) is 0 Å². The number of nitrogens with one attached hydrogen (secondary N) is 2. The number of amides is 3. The number of thiol groups is 1. The number of hydrogen-bond donors (Lipinski definition) is 3. The van der Waals surface area contributed by atoms with Gasteiger partial charge in [0.1, 0.15) is 17.7 Å². The van der Waals surface area contributed by atoms with Gasteiger partial charge in [0.2, 0.25) is 5.91 Å². The summed E-state index contributed by atoms with van der Waals surface area (Å²) in [4.78, 5) is 41.5. The SMILES string of the molecule is CCN(C(=O)C(CS)NC(=O)OC(C)(C)C)C(C(=O)Nc1ccc2ccccc2c1)c1cc(C)cc(C)c1. The van der Waals surface area contributed by atoms with Crippen LogP contribution in [0.4, 0.5) is 10.5 Å². The molecular formula is C30H37N3O4S. The Labute approximate surface area is 230 Å². The lowest BCUT2D eigenvalue weighted by atomic mass is 9.98. The van der Waals surface area contributed by atoms with Crippen LogP contribution in [0.1, 0.15) is 50.4 Å².